The Morgan fingerprint density at radius 1 is 1.17 bits per heavy atom. The smallest absolute Gasteiger partial charge is 0.249 e. The van der Waals surface area contributed by atoms with Crippen LogP contribution in [0.4, 0.5) is 17.1 Å². The van der Waals surface area contributed by atoms with Gasteiger partial charge in [-0.3, -0.25) is 14.5 Å². The van der Waals surface area contributed by atoms with Crippen LogP contribution in [0, 0.1) is 0 Å². The average molecular weight is 323 g/mol. The lowest BCUT2D eigenvalue weighted by molar-refractivity contribution is -0.122. The standard InChI is InChI=1S/C19H21N3O2/c1-3-14-8-10-15(11-9-14)21-18(23)12-22-17-7-5-4-6-16(17)20-13(2)19(22)24/h4-11,13,20H,3,12H2,1-2H3,(H,21,23). The van der Waals surface area contributed by atoms with Crippen LogP contribution < -0.4 is 15.5 Å². The molecule has 1 atom stereocenters. The monoisotopic (exact) mass is 323 g/mol. The summed E-state index contributed by atoms with van der Waals surface area (Å²) in [6.07, 6.45) is 0.957. The molecule has 0 aromatic heterocycles. The molecule has 124 valence electrons. The van der Waals surface area contributed by atoms with Crippen molar-refractivity contribution in [2.45, 2.75) is 26.3 Å². The molecule has 5 heteroatoms. The van der Waals surface area contributed by atoms with E-state index in [9.17, 15) is 9.59 Å². The summed E-state index contributed by atoms with van der Waals surface area (Å²) in [4.78, 5) is 26.3. The van der Waals surface area contributed by atoms with Gasteiger partial charge in [0.1, 0.15) is 12.6 Å². The third kappa shape index (κ3) is 3.25. The van der Waals surface area contributed by atoms with Gasteiger partial charge in [0.05, 0.1) is 11.4 Å². The Kier molecular flexibility index (Phi) is 4.51. The molecule has 5 nitrogen and oxygen atoms in total. The summed E-state index contributed by atoms with van der Waals surface area (Å²) in [5.41, 5.74) is 3.55. The molecule has 0 bridgehead atoms. The number of nitrogens with one attached hydrogen (secondary N) is 2. The summed E-state index contributed by atoms with van der Waals surface area (Å²) < 4.78 is 0. The number of fused-ring (bicyclic) bond motifs is 1. The van der Waals surface area contributed by atoms with Gasteiger partial charge in [0.2, 0.25) is 11.8 Å². The van der Waals surface area contributed by atoms with Crippen LogP contribution in [0.3, 0.4) is 0 Å². The zero-order valence-corrected chi connectivity index (χ0v) is 13.9. The Labute approximate surface area is 141 Å². The number of rotatable bonds is 4. The average Bonchev–Trinajstić information content (AvgIpc) is 2.59. The Balaban J connectivity index is 1.74. The molecule has 0 radical (unpaired) electrons. The SMILES string of the molecule is CCc1ccc(NC(=O)CN2C(=O)C(C)Nc3ccccc32)cc1. The zero-order chi connectivity index (χ0) is 17.1. The molecule has 2 aromatic carbocycles. The predicted octanol–water partition coefficient (Wildman–Crippen LogP) is 3.03. The van der Waals surface area contributed by atoms with Crippen LogP contribution in [0.25, 0.3) is 0 Å². The molecule has 0 saturated carbocycles. The molecular formula is C19H21N3O2. The minimum Gasteiger partial charge on any atom is -0.372 e. The molecular weight excluding hydrogens is 302 g/mol. The van der Waals surface area contributed by atoms with E-state index >= 15 is 0 Å². The summed E-state index contributed by atoms with van der Waals surface area (Å²) >= 11 is 0. The molecule has 0 aliphatic carbocycles. The third-order valence-electron chi connectivity index (χ3n) is 4.15. The number of nitrogens with zero attached hydrogens (tertiary/aromatic N) is 1. The van der Waals surface area contributed by atoms with E-state index in [2.05, 4.69) is 17.6 Å². The van der Waals surface area contributed by atoms with Crippen LogP contribution in [0.2, 0.25) is 0 Å². The van der Waals surface area contributed by atoms with Crippen molar-refractivity contribution < 1.29 is 9.59 Å². The first-order chi connectivity index (χ1) is 11.6. The normalized spacial score (nSPS) is 16.3. The zero-order valence-electron chi connectivity index (χ0n) is 13.9. The highest BCUT2D eigenvalue weighted by Gasteiger charge is 2.30. The number of para-hydroxylation sites is 2. The third-order valence-corrected chi connectivity index (χ3v) is 4.15. The van der Waals surface area contributed by atoms with Crippen molar-refractivity contribution in [1.29, 1.82) is 0 Å². The second-order valence-corrected chi connectivity index (χ2v) is 5.91. The van der Waals surface area contributed by atoms with Gasteiger partial charge in [-0.15, -0.1) is 0 Å². The number of benzene rings is 2. The van der Waals surface area contributed by atoms with Crippen molar-refractivity contribution in [3.63, 3.8) is 0 Å². The van der Waals surface area contributed by atoms with Crippen molar-refractivity contribution in [2.24, 2.45) is 0 Å². The summed E-state index contributed by atoms with van der Waals surface area (Å²) in [6.45, 7) is 3.88. The number of amides is 2. The number of hydrogen-bond acceptors (Lipinski definition) is 3. The molecule has 1 unspecified atom stereocenters. The van der Waals surface area contributed by atoms with Crippen molar-refractivity contribution in [1.82, 2.24) is 0 Å². The first-order valence-corrected chi connectivity index (χ1v) is 8.14. The summed E-state index contributed by atoms with van der Waals surface area (Å²) in [5.74, 6) is -0.318. The predicted molar refractivity (Wildman–Crippen MR) is 96.3 cm³/mol. The van der Waals surface area contributed by atoms with E-state index in [4.69, 9.17) is 0 Å². The van der Waals surface area contributed by atoms with Gasteiger partial charge in [0, 0.05) is 5.69 Å². The minimum atomic E-state index is -0.350. The number of carbonyl (C=O) groups is 2. The highest BCUT2D eigenvalue weighted by atomic mass is 16.2. The van der Waals surface area contributed by atoms with Crippen molar-refractivity contribution in [2.75, 3.05) is 22.1 Å². The lowest BCUT2D eigenvalue weighted by Crippen LogP contribution is -2.48. The van der Waals surface area contributed by atoms with Gasteiger partial charge in [-0.05, 0) is 43.2 Å². The van der Waals surface area contributed by atoms with Gasteiger partial charge in [-0.1, -0.05) is 31.2 Å². The topological polar surface area (TPSA) is 61.4 Å². The van der Waals surface area contributed by atoms with Gasteiger partial charge in [-0.2, -0.15) is 0 Å². The summed E-state index contributed by atoms with van der Waals surface area (Å²) in [5, 5.41) is 6.01. The maximum Gasteiger partial charge on any atom is 0.249 e. The molecule has 3 rings (SSSR count). The number of hydrogen-bond donors (Lipinski definition) is 2. The maximum atomic E-state index is 12.4. The van der Waals surface area contributed by atoms with Crippen molar-refractivity contribution >= 4 is 28.9 Å². The summed E-state index contributed by atoms with van der Waals surface area (Å²) in [6, 6.07) is 14.9. The quantitative estimate of drug-likeness (QED) is 0.909. The van der Waals surface area contributed by atoms with E-state index in [-0.39, 0.29) is 24.4 Å². The van der Waals surface area contributed by atoms with Gasteiger partial charge in [-0.25, -0.2) is 0 Å². The Morgan fingerprint density at radius 3 is 2.58 bits per heavy atom. The van der Waals surface area contributed by atoms with Crippen LogP contribution in [0.15, 0.2) is 48.5 Å². The van der Waals surface area contributed by atoms with E-state index in [1.54, 1.807) is 6.92 Å². The van der Waals surface area contributed by atoms with Gasteiger partial charge >= 0.3 is 0 Å². The fourth-order valence-corrected chi connectivity index (χ4v) is 2.81. The number of anilines is 3. The second kappa shape index (κ2) is 6.74. The molecule has 0 saturated heterocycles. The highest BCUT2D eigenvalue weighted by Crippen LogP contribution is 2.30. The molecule has 2 aromatic rings. The lowest BCUT2D eigenvalue weighted by Gasteiger charge is -2.33. The van der Waals surface area contributed by atoms with Crippen molar-refractivity contribution in [3.05, 3.63) is 54.1 Å². The molecule has 0 spiro atoms. The Bertz CT molecular complexity index is 755. The highest BCUT2D eigenvalue weighted by molar-refractivity contribution is 6.09. The molecule has 2 N–H and O–H groups in total. The summed E-state index contributed by atoms with van der Waals surface area (Å²) in [7, 11) is 0. The minimum absolute atomic E-state index is 0.00258. The number of aryl methyl sites for hydroxylation is 1. The van der Waals surface area contributed by atoms with E-state index in [0.29, 0.717) is 0 Å². The van der Waals surface area contributed by atoms with Crippen LogP contribution >= 0.6 is 0 Å². The van der Waals surface area contributed by atoms with Crippen LogP contribution in [0.1, 0.15) is 19.4 Å². The van der Waals surface area contributed by atoms with Gasteiger partial charge < -0.3 is 10.6 Å². The molecule has 24 heavy (non-hydrogen) atoms. The fraction of sp³-hybridized carbons (Fsp3) is 0.263. The Morgan fingerprint density at radius 2 is 1.88 bits per heavy atom. The van der Waals surface area contributed by atoms with Gasteiger partial charge in [0.25, 0.3) is 0 Å². The first kappa shape index (κ1) is 16.1. The second-order valence-electron chi connectivity index (χ2n) is 5.91. The van der Waals surface area contributed by atoms with Crippen molar-refractivity contribution in [3.8, 4) is 0 Å². The van der Waals surface area contributed by atoms with Crippen LogP contribution in [-0.2, 0) is 16.0 Å². The maximum absolute atomic E-state index is 12.4. The van der Waals surface area contributed by atoms with Gasteiger partial charge in [0.15, 0.2) is 0 Å². The van der Waals surface area contributed by atoms with Crippen LogP contribution in [0.5, 0.6) is 0 Å². The van der Waals surface area contributed by atoms with E-state index in [0.717, 1.165) is 23.5 Å². The van der Waals surface area contributed by atoms with Crippen LogP contribution in [-0.4, -0.2) is 24.4 Å². The van der Waals surface area contributed by atoms with E-state index in [1.807, 2.05) is 48.5 Å². The first-order valence-electron chi connectivity index (χ1n) is 8.14. The lowest BCUT2D eigenvalue weighted by atomic mass is 10.1. The Hall–Kier alpha value is -2.82. The van der Waals surface area contributed by atoms with E-state index < -0.39 is 0 Å². The largest absolute Gasteiger partial charge is 0.372 e. The molecule has 1 aliphatic heterocycles. The molecule has 1 heterocycles. The number of carbonyl (C=O) groups excluding carboxylic acids is 2. The molecule has 1 aliphatic rings. The van der Waals surface area contributed by atoms with E-state index in [1.165, 1.54) is 10.5 Å². The molecule has 2 amide bonds. The molecule has 0 fully saturated rings. The fourth-order valence-electron chi connectivity index (χ4n) is 2.81.